The first-order chi connectivity index (χ1) is 16.2. The summed E-state index contributed by atoms with van der Waals surface area (Å²) in [5.74, 6) is -1.57. The Morgan fingerprint density at radius 1 is 0.794 bits per heavy atom. The second-order valence-corrected chi connectivity index (χ2v) is 8.74. The minimum atomic E-state index is -1.18. The molecule has 0 aliphatic heterocycles. The van der Waals surface area contributed by atoms with Gasteiger partial charge in [0.25, 0.3) is 0 Å². The fraction of sp³-hybridized carbons (Fsp3) is 0.0385. The Bertz CT molecular complexity index is 1390. The summed E-state index contributed by atoms with van der Waals surface area (Å²) in [7, 11) is 1.88. The molecule has 8 heteroatoms. The van der Waals surface area contributed by atoms with E-state index in [1.165, 1.54) is 12.1 Å². The smallest absolute Gasteiger partial charge is 0.336 e. The second kappa shape index (κ2) is 9.85. The van der Waals surface area contributed by atoms with Crippen molar-refractivity contribution in [1.82, 2.24) is 4.98 Å². The number of carboxylic acid groups (broad SMARTS) is 1. The first kappa shape index (κ1) is 23.8. The number of halogens is 3. The first-order valence-corrected chi connectivity index (χ1v) is 11.2. The maximum atomic E-state index is 13.0. The molecule has 170 valence electrons. The standard InChI is InChI=1S/C26H17Cl3N2O3/c1-31(18-6-3-16(27)4-7-18)19-8-11-24(30-14-19)25(32)15-2-9-20(22(12-15)26(33)34)21-10-5-17(28)13-23(21)29/h2-14H,1H3,(H,33,34). The molecule has 0 unspecified atom stereocenters. The van der Waals surface area contributed by atoms with Crippen LogP contribution in [0.15, 0.2) is 79.0 Å². The molecule has 0 atom stereocenters. The van der Waals surface area contributed by atoms with E-state index in [1.54, 1.807) is 54.7 Å². The molecule has 0 aliphatic carbocycles. The molecule has 0 radical (unpaired) electrons. The van der Waals surface area contributed by atoms with Crippen molar-refractivity contribution < 1.29 is 14.7 Å². The van der Waals surface area contributed by atoms with Gasteiger partial charge in [0, 0.05) is 38.9 Å². The largest absolute Gasteiger partial charge is 0.478 e. The quantitative estimate of drug-likeness (QED) is 0.273. The van der Waals surface area contributed by atoms with Gasteiger partial charge in [0.1, 0.15) is 5.69 Å². The van der Waals surface area contributed by atoms with Crippen LogP contribution in [0.4, 0.5) is 11.4 Å². The fourth-order valence-electron chi connectivity index (χ4n) is 3.49. The molecule has 0 amide bonds. The van der Waals surface area contributed by atoms with Crippen LogP contribution in [-0.4, -0.2) is 28.9 Å². The van der Waals surface area contributed by atoms with Crippen molar-refractivity contribution in [3.05, 3.63) is 111 Å². The van der Waals surface area contributed by atoms with Crippen LogP contribution in [0.3, 0.4) is 0 Å². The summed E-state index contributed by atoms with van der Waals surface area (Å²) in [6.45, 7) is 0. The summed E-state index contributed by atoms with van der Waals surface area (Å²) in [4.78, 5) is 31.2. The molecule has 1 N–H and O–H groups in total. The van der Waals surface area contributed by atoms with Crippen molar-refractivity contribution in [2.24, 2.45) is 0 Å². The van der Waals surface area contributed by atoms with Gasteiger partial charge in [-0.2, -0.15) is 0 Å². The van der Waals surface area contributed by atoms with Crippen LogP contribution >= 0.6 is 34.8 Å². The van der Waals surface area contributed by atoms with Gasteiger partial charge in [-0.1, -0.05) is 53.0 Å². The van der Waals surface area contributed by atoms with Crippen LogP contribution < -0.4 is 4.90 Å². The zero-order valence-electron chi connectivity index (χ0n) is 17.8. The molecular formula is C26H17Cl3N2O3. The van der Waals surface area contributed by atoms with Crippen molar-refractivity contribution in [2.45, 2.75) is 0 Å². The lowest BCUT2D eigenvalue weighted by Gasteiger charge is -2.19. The number of hydrogen-bond acceptors (Lipinski definition) is 4. The third-order valence-corrected chi connectivity index (χ3v) is 6.11. The Morgan fingerprint density at radius 3 is 2.06 bits per heavy atom. The minimum absolute atomic E-state index is 0.0471. The molecule has 5 nitrogen and oxygen atoms in total. The van der Waals surface area contributed by atoms with Gasteiger partial charge in [0.05, 0.1) is 17.4 Å². The number of carbonyl (C=O) groups excluding carboxylic acids is 1. The summed E-state index contributed by atoms with van der Waals surface area (Å²) in [6.07, 6.45) is 1.59. The highest BCUT2D eigenvalue weighted by molar-refractivity contribution is 6.36. The van der Waals surface area contributed by atoms with Gasteiger partial charge >= 0.3 is 5.97 Å². The lowest BCUT2D eigenvalue weighted by Crippen LogP contribution is -2.11. The van der Waals surface area contributed by atoms with Gasteiger partial charge in [-0.05, 0) is 60.2 Å². The lowest BCUT2D eigenvalue weighted by atomic mass is 9.95. The van der Waals surface area contributed by atoms with E-state index in [9.17, 15) is 14.7 Å². The average Bonchev–Trinajstić information content (AvgIpc) is 2.83. The van der Waals surface area contributed by atoms with Crippen LogP contribution in [0.2, 0.25) is 15.1 Å². The highest BCUT2D eigenvalue weighted by Crippen LogP contribution is 2.33. The summed E-state index contributed by atoms with van der Waals surface area (Å²) < 4.78 is 0. The van der Waals surface area contributed by atoms with Crippen molar-refractivity contribution in [3.8, 4) is 11.1 Å². The number of nitrogens with zero attached hydrogens (tertiary/aromatic N) is 2. The fourth-order valence-corrected chi connectivity index (χ4v) is 4.12. The van der Waals surface area contributed by atoms with E-state index in [0.717, 1.165) is 11.4 Å². The topological polar surface area (TPSA) is 70.5 Å². The predicted octanol–water partition coefficient (Wildman–Crippen LogP) is 7.41. The van der Waals surface area contributed by atoms with E-state index in [1.807, 2.05) is 24.1 Å². The molecule has 1 aromatic heterocycles. The van der Waals surface area contributed by atoms with Gasteiger partial charge in [-0.15, -0.1) is 0 Å². The Morgan fingerprint density at radius 2 is 1.44 bits per heavy atom. The van der Waals surface area contributed by atoms with Crippen molar-refractivity contribution in [2.75, 3.05) is 11.9 Å². The highest BCUT2D eigenvalue weighted by Gasteiger charge is 2.19. The zero-order valence-corrected chi connectivity index (χ0v) is 20.1. The van der Waals surface area contributed by atoms with Crippen LogP contribution in [-0.2, 0) is 0 Å². The van der Waals surface area contributed by atoms with Crippen LogP contribution in [0.1, 0.15) is 26.4 Å². The molecule has 4 aromatic rings. The summed E-state index contributed by atoms with van der Waals surface area (Å²) >= 11 is 18.2. The van der Waals surface area contributed by atoms with Crippen LogP contribution in [0, 0.1) is 0 Å². The van der Waals surface area contributed by atoms with Gasteiger partial charge in [-0.25, -0.2) is 4.79 Å². The third kappa shape index (κ3) is 4.92. The molecule has 0 fully saturated rings. The van der Waals surface area contributed by atoms with E-state index < -0.39 is 11.8 Å². The number of ketones is 1. The SMILES string of the molecule is CN(c1ccc(Cl)cc1)c1ccc(C(=O)c2ccc(-c3ccc(Cl)cc3Cl)c(C(=O)O)c2)nc1. The second-order valence-electron chi connectivity index (χ2n) is 7.46. The van der Waals surface area contributed by atoms with Crippen LogP contribution in [0.25, 0.3) is 11.1 Å². The number of anilines is 2. The lowest BCUT2D eigenvalue weighted by molar-refractivity contribution is 0.0697. The summed E-state index contributed by atoms with van der Waals surface area (Å²) in [6, 6.07) is 20.0. The van der Waals surface area contributed by atoms with Gasteiger partial charge in [0.15, 0.2) is 0 Å². The number of aromatic carboxylic acids is 1. The van der Waals surface area contributed by atoms with E-state index in [-0.39, 0.29) is 16.8 Å². The number of aromatic nitrogens is 1. The molecule has 3 aromatic carbocycles. The molecule has 0 saturated heterocycles. The number of carbonyl (C=O) groups is 2. The average molecular weight is 512 g/mol. The van der Waals surface area contributed by atoms with E-state index in [4.69, 9.17) is 34.8 Å². The van der Waals surface area contributed by atoms with E-state index >= 15 is 0 Å². The minimum Gasteiger partial charge on any atom is -0.478 e. The normalized spacial score (nSPS) is 10.7. The highest BCUT2D eigenvalue weighted by atomic mass is 35.5. The number of rotatable bonds is 6. The number of carboxylic acids is 1. The number of pyridine rings is 1. The Balaban J connectivity index is 1.63. The van der Waals surface area contributed by atoms with E-state index in [2.05, 4.69) is 4.98 Å². The van der Waals surface area contributed by atoms with Gasteiger partial charge in [0.2, 0.25) is 5.78 Å². The molecule has 0 spiro atoms. The number of hydrogen-bond donors (Lipinski definition) is 1. The number of benzene rings is 3. The van der Waals surface area contributed by atoms with E-state index in [0.29, 0.717) is 26.2 Å². The first-order valence-electron chi connectivity index (χ1n) is 10.1. The molecule has 1 heterocycles. The summed E-state index contributed by atoms with van der Waals surface area (Å²) in [5, 5.41) is 11.2. The molecule has 0 saturated carbocycles. The maximum Gasteiger partial charge on any atom is 0.336 e. The van der Waals surface area contributed by atoms with Crippen LogP contribution in [0.5, 0.6) is 0 Å². The maximum absolute atomic E-state index is 13.0. The summed E-state index contributed by atoms with van der Waals surface area (Å²) in [5.41, 5.74) is 2.94. The third-order valence-electron chi connectivity index (χ3n) is 5.32. The van der Waals surface area contributed by atoms with Crippen molar-refractivity contribution in [1.29, 1.82) is 0 Å². The Labute approximate surface area is 211 Å². The van der Waals surface area contributed by atoms with Gasteiger partial charge < -0.3 is 10.0 Å². The van der Waals surface area contributed by atoms with Crippen molar-refractivity contribution in [3.63, 3.8) is 0 Å². The molecular weight excluding hydrogens is 495 g/mol. The van der Waals surface area contributed by atoms with Crippen molar-refractivity contribution >= 4 is 57.9 Å². The molecule has 0 bridgehead atoms. The molecule has 34 heavy (non-hydrogen) atoms. The zero-order chi connectivity index (χ0) is 24.4. The molecule has 4 rings (SSSR count). The predicted molar refractivity (Wildman–Crippen MR) is 136 cm³/mol. The molecule has 0 aliphatic rings. The van der Waals surface area contributed by atoms with Gasteiger partial charge in [-0.3, -0.25) is 9.78 Å². The monoisotopic (exact) mass is 510 g/mol. The Kier molecular flexibility index (Phi) is 6.89. The Hall–Kier alpha value is -3.38.